The SMILES string of the molecule is CC(C)(C)NC(=O)c1csc(CSc2nnc(-c3ccncc3)n2-c2cccc(Cl)c2)n1. The Bertz CT molecular complexity index is 1230. The monoisotopic (exact) mass is 484 g/mol. The van der Waals surface area contributed by atoms with E-state index in [1.807, 2.05) is 61.7 Å². The smallest absolute Gasteiger partial charge is 0.271 e. The van der Waals surface area contributed by atoms with E-state index >= 15 is 0 Å². The van der Waals surface area contributed by atoms with Crippen LogP contribution in [0.4, 0.5) is 0 Å². The van der Waals surface area contributed by atoms with E-state index in [0.29, 0.717) is 27.5 Å². The second-order valence-electron chi connectivity index (χ2n) is 7.98. The quantitative estimate of drug-likeness (QED) is 0.376. The van der Waals surface area contributed by atoms with Crippen molar-refractivity contribution in [1.82, 2.24) is 30.0 Å². The highest BCUT2D eigenvalue weighted by molar-refractivity contribution is 7.98. The second kappa shape index (κ2) is 9.40. The molecular weight excluding hydrogens is 464 g/mol. The minimum atomic E-state index is -0.313. The van der Waals surface area contributed by atoms with Gasteiger partial charge in [0, 0.05) is 33.9 Å². The number of pyridine rings is 1. The van der Waals surface area contributed by atoms with E-state index < -0.39 is 0 Å². The molecule has 10 heteroatoms. The molecule has 0 saturated heterocycles. The molecule has 0 spiro atoms. The Labute approximate surface area is 199 Å². The molecule has 4 aromatic rings. The lowest BCUT2D eigenvalue weighted by Gasteiger charge is -2.19. The van der Waals surface area contributed by atoms with Gasteiger partial charge in [0.2, 0.25) is 0 Å². The highest BCUT2D eigenvalue weighted by Crippen LogP contribution is 2.31. The molecule has 0 atom stereocenters. The number of carbonyl (C=O) groups is 1. The van der Waals surface area contributed by atoms with E-state index in [9.17, 15) is 4.79 Å². The molecule has 0 aliphatic carbocycles. The fourth-order valence-corrected chi connectivity index (χ4v) is 4.84. The zero-order valence-electron chi connectivity index (χ0n) is 17.7. The van der Waals surface area contributed by atoms with E-state index in [1.165, 1.54) is 23.1 Å². The van der Waals surface area contributed by atoms with Crippen molar-refractivity contribution < 1.29 is 4.79 Å². The Hall–Kier alpha value is -2.75. The highest BCUT2D eigenvalue weighted by Gasteiger charge is 2.20. The van der Waals surface area contributed by atoms with Crippen LogP contribution in [0.25, 0.3) is 17.1 Å². The first kappa shape index (κ1) is 22.4. The van der Waals surface area contributed by atoms with Crippen molar-refractivity contribution in [3.05, 3.63) is 69.9 Å². The Kier molecular flexibility index (Phi) is 6.59. The number of benzene rings is 1. The van der Waals surface area contributed by atoms with Crippen LogP contribution in [0.1, 0.15) is 36.3 Å². The van der Waals surface area contributed by atoms with Gasteiger partial charge in [0.15, 0.2) is 11.0 Å². The number of hydrogen-bond acceptors (Lipinski definition) is 7. The van der Waals surface area contributed by atoms with Gasteiger partial charge in [-0.25, -0.2) is 4.98 Å². The van der Waals surface area contributed by atoms with Gasteiger partial charge < -0.3 is 5.32 Å². The first-order valence-electron chi connectivity index (χ1n) is 9.81. The number of thioether (sulfide) groups is 1. The maximum absolute atomic E-state index is 12.4. The maximum atomic E-state index is 12.4. The van der Waals surface area contributed by atoms with Crippen LogP contribution >= 0.6 is 34.7 Å². The molecule has 0 radical (unpaired) electrons. The number of halogens is 1. The molecule has 0 saturated carbocycles. The predicted molar refractivity (Wildman–Crippen MR) is 128 cm³/mol. The molecule has 0 unspecified atom stereocenters. The topological polar surface area (TPSA) is 85.6 Å². The van der Waals surface area contributed by atoms with Crippen LogP contribution in [-0.2, 0) is 5.75 Å². The number of nitrogens with zero attached hydrogens (tertiary/aromatic N) is 5. The zero-order chi connectivity index (χ0) is 22.7. The fraction of sp³-hybridized carbons (Fsp3) is 0.227. The van der Waals surface area contributed by atoms with E-state index in [2.05, 4.69) is 25.5 Å². The Balaban J connectivity index is 1.60. The van der Waals surface area contributed by atoms with Gasteiger partial charge in [-0.1, -0.05) is 29.4 Å². The summed E-state index contributed by atoms with van der Waals surface area (Å²) in [5.41, 5.74) is 1.87. The molecule has 4 rings (SSSR count). The lowest BCUT2D eigenvalue weighted by atomic mass is 10.1. The summed E-state index contributed by atoms with van der Waals surface area (Å²) in [6.45, 7) is 5.82. The minimum Gasteiger partial charge on any atom is -0.346 e. The number of amides is 1. The highest BCUT2D eigenvalue weighted by atomic mass is 35.5. The van der Waals surface area contributed by atoms with Crippen LogP contribution in [0.15, 0.2) is 59.3 Å². The largest absolute Gasteiger partial charge is 0.346 e. The summed E-state index contributed by atoms with van der Waals surface area (Å²) in [5.74, 6) is 1.08. The first-order chi connectivity index (χ1) is 15.3. The molecule has 164 valence electrons. The van der Waals surface area contributed by atoms with Crippen molar-refractivity contribution >= 4 is 40.6 Å². The van der Waals surface area contributed by atoms with E-state index in [4.69, 9.17) is 11.6 Å². The molecular formula is C22H21ClN6OS2. The van der Waals surface area contributed by atoms with Crippen molar-refractivity contribution in [3.63, 3.8) is 0 Å². The summed E-state index contributed by atoms with van der Waals surface area (Å²) in [5, 5.41) is 15.7. The number of nitrogens with one attached hydrogen (secondary N) is 1. The van der Waals surface area contributed by atoms with E-state index in [-0.39, 0.29) is 11.4 Å². The predicted octanol–water partition coefficient (Wildman–Crippen LogP) is 5.26. The molecule has 3 aromatic heterocycles. The van der Waals surface area contributed by atoms with Gasteiger partial charge in [0.1, 0.15) is 10.7 Å². The van der Waals surface area contributed by atoms with Crippen LogP contribution < -0.4 is 5.32 Å². The van der Waals surface area contributed by atoms with Gasteiger partial charge in [-0.2, -0.15) is 0 Å². The molecule has 0 fully saturated rings. The van der Waals surface area contributed by atoms with Crippen LogP contribution in [0, 0.1) is 0 Å². The fourth-order valence-electron chi connectivity index (χ4n) is 2.91. The molecule has 1 aromatic carbocycles. The number of aromatic nitrogens is 5. The van der Waals surface area contributed by atoms with Gasteiger partial charge in [-0.3, -0.25) is 14.3 Å². The third-order valence-corrected chi connectivity index (χ3v) is 6.44. The second-order valence-corrected chi connectivity index (χ2v) is 10.3. The Morgan fingerprint density at radius 2 is 1.97 bits per heavy atom. The summed E-state index contributed by atoms with van der Waals surface area (Å²) in [6, 6.07) is 11.3. The van der Waals surface area contributed by atoms with Gasteiger partial charge in [-0.05, 0) is 51.1 Å². The number of hydrogen-bond donors (Lipinski definition) is 1. The summed E-state index contributed by atoms with van der Waals surface area (Å²) in [4.78, 5) is 20.9. The number of rotatable bonds is 6. The van der Waals surface area contributed by atoms with Crippen molar-refractivity contribution in [1.29, 1.82) is 0 Å². The molecule has 0 aliphatic heterocycles. The molecule has 0 bridgehead atoms. The Morgan fingerprint density at radius 3 is 2.69 bits per heavy atom. The first-order valence-corrected chi connectivity index (χ1v) is 12.1. The summed E-state index contributed by atoms with van der Waals surface area (Å²) < 4.78 is 1.96. The van der Waals surface area contributed by atoms with Gasteiger partial charge in [-0.15, -0.1) is 21.5 Å². The standard InChI is InChI=1S/C22H21ClN6OS2/c1-22(2,3)26-20(30)17-12-31-18(25-17)13-32-21-28-27-19(14-7-9-24-10-8-14)29(21)16-6-4-5-15(23)11-16/h4-12H,13H2,1-3H3,(H,26,30). The maximum Gasteiger partial charge on any atom is 0.271 e. The zero-order valence-corrected chi connectivity index (χ0v) is 20.1. The number of thiazole rings is 1. The average molecular weight is 485 g/mol. The molecule has 7 nitrogen and oxygen atoms in total. The van der Waals surface area contributed by atoms with Gasteiger partial charge in [0.05, 0.1) is 11.4 Å². The molecule has 3 heterocycles. The van der Waals surface area contributed by atoms with Gasteiger partial charge in [0.25, 0.3) is 5.91 Å². The van der Waals surface area contributed by atoms with Crippen molar-refractivity contribution in [2.75, 3.05) is 0 Å². The Morgan fingerprint density at radius 1 is 1.19 bits per heavy atom. The van der Waals surface area contributed by atoms with Crippen LogP contribution in [0.3, 0.4) is 0 Å². The van der Waals surface area contributed by atoms with Crippen LogP contribution in [0.5, 0.6) is 0 Å². The molecule has 1 amide bonds. The van der Waals surface area contributed by atoms with Crippen molar-refractivity contribution in [2.45, 2.75) is 37.2 Å². The number of carbonyl (C=O) groups excluding carboxylic acids is 1. The average Bonchev–Trinajstić information content (AvgIpc) is 3.39. The summed E-state index contributed by atoms with van der Waals surface area (Å²) >= 11 is 9.20. The van der Waals surface area contributed by atoms with E-state index in [1.54, 1.807) is 17.8 Å². The normalized spacial score (nSPS) is 11.5. The lowest BCUT2D eigenvalue weighted by Crippen LogP contribution is -2.40. The third-order valence-electron chi connectivity index (χ3n) is 4.24. The summed E-state index contributed by atoms with van der Waals surface area (Å²) in [7, 11) is 0. The molecule has 32 heavy (non-hydrogen) atoms. The van der Waals surface area contributed by atoms with Crippen molar-refractivity contribution in [3.8, 4) is 17.1 Å². The third kappa shape index (κ3) is 5.35. The van der Waals surface area contributed by atoms with Crippen molar-refractivity contribution in [2.24, 2.45) is 0 Å². The van der Waals surface area contributed by atoms with E-state index in [0.717, 1.165) is 16.3 Å². The van der Waals surface area contributed by atoms with Gasteiger partial charge >= 0.3 is 0 Å². The summed E-state index contributed by atoms with van der Waals surface area (Å²) in [6.07, 6.45) is 3.44. The molecule has 0 aliphatic rings. The van der Waals surface area contributed by atoms with Crippen LogP contribution in [-0.4, -0.2) is 36.2 Å². The minimum absolute atomic E-state index is 0.174. The van der Waals surface area contributed by atoms with Crippen LogP contribution in [0.2, 0.25) is 5.02 Å². The lowest BCUT2D eigenvalue weighted by molar-refractivity contribution is 0.0915. The molecule has 1 N–H and O–H groups in total.